The molecule has 0 bridgehead atoms. The van der Waals surface area contributed by atoms with Crippen LogP contribution in [-0.4, -0.2) is 11.8 Å². The zero-order valence-electron chi connectivity index (χ0n) is 18.2. The summed E-state index contributed by atoms with van der Waals surface area (Å²) in [6.07, 6.45) is 0. The van der Waals surface area contributed by atoms with Crippen LogP contribution in [0.5, 0.6) is 0 Å². The predicted molar refractivity (Wildman–Crippen MR) is 129 cm³/mol. The van der Waals surface area contributed by atoms with Crippen LogP contribution in [0.4, 0.5) is 15.8 Å². The Morgan fingerprint density at radius 1 is 0.788 bits per heavy atom. The van der Waals surface area contributed by atoms with Crippen molar-refractivity contribution in [1.82, 2.24) is 0 Å². The van der Waals surface area contributed by atoms with Gasteiger partial charge in [-0.1, -0.05) is 60.7 Å². The van der Waals surface area contributed by atoms with Crippen LogP contribution in [0.25, 0.3) is 16.3 Å². The first-order chi connectivity index (χ1) is 15.9. The summed E-state index contributed by atoms with van der Waals surface area (Å²) in [5.41, 5.74) is 4.09. The molecule has 1 aliphatic heterocycles. The summed E-state index contributed by atoms with van der Waals surface area (Å²) in [7, 11) is 0. The normalized spacial score (nSPS) is 13.8. The molecule has 4 aromatic carbocycles. The third kappa shape index (κ3) is 3.57. The second kappa shape index (κ2) is 8.02. The van der Waals surface area contributed by atoms with Crippen LogP contribution in [0.15, 0.2) is 90.6 Å². The number of aryl methyl sites for hydroxylation is 2. The summed E-state index contributed by atoms with van der Waals surface area (Å²) < 4.78 is 13.6. The molecule has 0 spiro atoms. The summed E-state index contributed by atoms with van der Waals surface area (Å²) in [5, 5.41) is 4.94. The van der Waals surface area contributed by atoms with E-state index in [-0.39, 0.29) is 11.3 Å². The van der Waals surface area contributed by atoms with Crippen molar-refractivity contribution in [2.45, 2.75) is 13.8 Å². The number of imide groups is 1. The van der Waals surface area contributed by atoms with Gasteiger partial charge in [-0.3, -0.25) is 9.59 Å². The number of halogens is 1. The van der Waals surface area contributed by atoms with Gasteiger partial charge in [-0.2, -0.15) is 0 Å². The van der Waals surface area contributed by atoms with Gasteiger partial charge >= 0.3 is 0 Å². The molecule has 4 nitrogen and oxygen atoms in total. The number of carbonyl (C=O) groups excluding carboxylic acids is 2. The fourth-order valence-corrected chi connectivity index (χ4v) is 4.16. The van der Waals surface area contributed by atoms with Gasteiger partial charge in [0.2, 0.25) is 0 Å². The number of fused-ring (bicyclic) bond motifs is 1. The fraction of sp³-hybridized carbons (Fsp3) is 0.0714. The second-order valence-corrected chi connectivity index (χ2v) is 8.14. The number of hydrogen-bond acceptors (Lipinski definition) is 3. The summed E-state index contributed by atoms with van der Waals surface area (Å²) in [5.74, 6) is -1.31. The highest BCUT2D eigenvalue weighted by Crippen LogP contribution is 2.37. The lowest BCUT2D eigenvalue weighted by Crippen LogP contribution is -2.32. The Morgan fingerprint density at radius 2 is 1.52 bits per heavy atom. The Hall–Kier alpha value is -4.25. The van der Waals surface area contributed by atoms with E-state index >= 15 is 0 Å². The van der Waals surface area contributed by atoms with Crippen molar-refractivity contribution < 1.29 is 14.0 Å². The summed E-state index contributed by atoms with van der Waals surface area (Å²) in [6, 6.07) is 24.6. The monoisotopic (exact) mass is 436 g/mol. The molecular weight excluding hydrogens is 415 g/mol. The molecule has 1 aliphatic rings. The maximum Gasteiger partial charge on any atom is 0.282 e. The molecule has 0 atom stereocenters. The van der Waals surface area contributed by atoms with Crippen molar-refractivity contribution >= 4 is 39.5 Å². The van der Waals surface area contributed by atoms with Gasteiger partial charge in [-0.15, -0.1) is 0 Å². The molecule has 0 aromatic heterocycles. The maximum atomic E-state index is 13.7. The third-order valence-corrected chi connectivity index (χ3v) is 5.88. The number of rotatable bonds is 4. The molecule has 5 rings (SSSR count). The molecular formula is C28H21FN2O2. The summed E-state index contributed by atoms with van der Waals surface area (Å²) in [6.45, 7) is 3.90. The number of anilines is 2. The minimum Gasteiger partial charge on any atom is -0.350 e. The van der Waals surface area contributed by atoms with Crippen LogP contribution in [0.1, 0.15) is 16.7 Å². The number of amides is 2. The SMILES string of the molecule is Cc1ccc(C)c(NC2=C(c3ccc(F)cc3)C(=O)N(c3cccc4ccccc34)C2=O)c1. The Kier molecular flexibility index (Phi) is 5.02. The van der Waals surface area contributed by atoms with E-state index in [1.54, 1.807) is 6.07 Å². The van der Waals surface area contributed by atoms with Crippen LogP contribution in [-0.2, 0) is 9.59 Å². The number of nitrogens with one attached hydrogen (secondary N) is 1. The van der Waals surface area contributed by atoms with Gasteiger partial charge in [-0.25, -0.2) is 9.29 Å². The van der Waals surface area contributed by atoms with Crippen LogP contribution < -0.4 is 10.2 Å². The van der Waals surface area contributed by atoms with Gasteiger partial charge < -0.3 is 5.32 Å². The maximum absolute atomic E-state index is 13.7. The van der Waals surface area contributed by atoms with Crippen molar-refractivity contribution in [3.05, 3.63) is 113 Å². The van der Waals surface area contributed by atoms with Crippen molar-refractivity contribution in [3.8, 4) is 0 Å². The van der Waals surface area contributed by atoms with Crippen LogP contribution in [0.3, 0.4) is 0 Å². The van der Waals surface area contributed by atoms with E-state index in [4.69, 9.17) is 0 Å². The number of nitrogens with zero attached hydrogens (tertiary/aromatic N) is 1. The van der Waals surface area contributed by atoms with Crippen LogP contribution >= 0.6 is 0 Å². The minimum atomic E-state index is -0.448. The molecule has 0 radical (unpaired) electrons. The van der Waals surface area contributed by atoms with Crippen molar-refractivity contribution in [1.29, 1.82) is 0 Å². The highest BCUT2D eigenvalue weighted by molar-refractivity contribution is 6.47. The Morgan fingerprint density at radius 3 is 2.30 bits per heavy atom. The second-order valence-electron chi connectivity index (χ2n) is 8.14. The van der Waals surface area contributed by atoms with Crippen molar-refractivity contribution in [2.75, 3.05) is 10.2 Å². The molecule has 2 amide bonds. The smallest absolute Gasteiger partial charge is 0.282 e. The van der Waals surface area contributed by atoms with Gasteiger partial charge in [0.1, 0.15) is 11.5 Å². The van der Waals surface area contributed by atoms with E-state index in [9.17, 15) is 14.0 Å². The molecule has 0 saturated heterocycles. The van der Waals surface area contributed by atoms with Crippen LogP contribution in [0.2, 0.25) is 0 Å². The van der Waals surface area contributed by atoms with E-state index in [2.05, 4.69) is 5.32 Å². The van der Waals surface area contributed by atoms with Crippen molar-refractivity contribution in [3.63, 3.8) is 0 Å². The van der Waals surface area contributed by atoms with E-state index in [1.165, 1.54) is 29.2 Å². The Balaban J connectivity index is 1.68. The Bertz CT molecular complexity index is 1450. The van der Waals surface area contributed by atoms with Gasteiger partial charge in [0.25, 0.3) is 11.8 Å². The van der Waals surface area contributed by atoms with Crippen LogP contribution in [0, 0.1) is 19.7 Å². The highest BCUT2D eigenvalue weighted by atomic mass is 19.1. The zero-order valence-corrected chi connectivity index (χ0v) is 18.2. The fourth-order valence-electron chi connectivity index (χ4n) is 4.16. The van der Waals surface area contributed by atoms with Gasteiger partial charge in [-0.05, 0) is 60.2 Å². The first kappa shape index (κ1) is 20.6. The highest BCUT2D eigenvalue weighted by Gasteiger charge is 2.41. The largest absolute Gasteiger partial charge is 0.350 e. The quantitative estimate of drug-likeness (QED) is 0.400. The third-order valence-electron chi connectivity index (χ3n) is 5.88. The molecule has 1 heterocycles. The molecule has 33 heavy (non-hydrogen) atoms. The molecule has 0 saturated carbocycles. The number of hydrogen-bond donors (Lipinski definition) is 1. The molecule has 0 aliphatic carbocycles. The average Bonchev–Trinajstić information content (AvgIpc) is 3.05. The molecule has 1 N–H and O–H groups in total. The van der Waals surface area contributed by atoms with Crippen molar-refractivity contribution in [2.24, 2.45) is 0 Å². The molecule has 4 aromatic rings. The van der Waals surface area contributed by atoms with Gasteiger partial charge in [0.05, 0.1) is 11.3 Å². The van der Waals surface area contributed by atoms with E-state index in [1.807, 2.05) is 68.4 Å². The summed E-state index contributed by atoms with van der Waals surface area (Å²) in [4.78, 5) is 28.6. The first-order valence-electron chi connectivity index (χ1n) is 10.6. The van der Waals surface area contributed by atoms with Gasteiger partial charge in [0.15, 0.2) is 0 Å². The molecule has 0 unspecified atom stereocenters. The van der Waals surface area contributed by atoms with E-state index in [0.29, 0.717) is 11.3 Å². The standard InChI is InChI=1S/C28H21FN2O2/c1-17-10-11-18(2)23(16-17)30-26-25(20-12-14-21(29)15-13-20)27(32)31(28(26)33)24-9-5-7-19-6-3-4-8-22(19)24/h3-16,30H,1-2H3. The zero-order chi connectivity index (χ0) is 23.1. The van der Waals surface area contributed by atoms with E-state index in [0.717, 1.165) is 27.6 Å². The lowest BCUT2D eigenvalue weighted by atomic mass is 10.0. The molecule has 5 heteroatoms. The summed E-state index contributed by atoms with van der Waals surface area (Å²) >= 11 is 0. The minimum absolute atomic E-state index is 0.174. The lowest BCUT2D eigenvalue weighted by molar-refractivity contribution is -0.120. The molecule has 0 fully saturated rings. The van der Waals surface area contributed by atoms with E-state index < -0.39 is 17.6 Å². The number of benzene rings is 4. The molecule has 162 valence electrons. The predicted octanol–water partition coefficient (Wildman–Crippen LogP) is 5.99. The Labute approximate surface area is 191 Å². The first-order valence-corrected chi connectivity index (χ1v) is 10.6. The number of carbonyl (C=O) groups is 2. The van der Waals surface area contributed by atoms with Gasteiger partial charge in [0, 0.05) is 11.1 Å². The lowest BCUT2D eigenvalue weighted by Gasteiger charge is -2.18. The topological polar surface area (TPSA) is 49.4 Å². The average molecular weight is 436 g/mol.